The van der Waals surface area contributed by atoms with Crippen LogP contribution in [0.4, 0.5) is 0 Å². The summed E-state index contributed by atoms with van der Waals surface area (Å²) in [6, 6.07) is 5.72. The summed E-state index contributed by atoms with van der Waals surface area (Å²) >= 11 is 0. The van der Waals surface area contributed by atoms with Crippen LogP contribution in [0.2, 0.25) is 0 Å². The van der Waals surface area contributed by atoms with E-state index in [0.717, 1.165) is 28.8 Å². The van der Waals surface area contributed by atoms with Gasteiger partial charge < -0.3 is 9.30 Å². The van der Waals surface area contributed by atoms with Crippen molar-refractivity contribution in [2.45, 2.75) is 39.3 Å². The lowest BCUT2D eigenvalue weighted by molar-refractivity contribution is 0.189. The molecule has 0 bridgehead atoms. The molecular formula is C15H17NO2. The molecule has 1 aliphatic rings. The third kappa shape index (κ3) is 1.54. The summed E-state index contributed by atoms with van der Waals surface area (Å²) < 4.78 is 7.96. The van der Waals surface area contributed by atoms with Crippen LogP contribution in [-0.4, -0.2) is 10.7 Å². The highest BCUT2D eigenvalue weighted by atomic mass is 16.5. The molecule has 0 radical (unpaired) electrons. The zero-order chi connectivity index (χ0) is 12.9. The van der Waals surface area contributed by atoms with Gasteiger partial charge in [-0.05, 0) is 25.0 Å². The average Bonchev–Trinajstić information content (AvgIpc) is 2.32. The van der Waals surface area contributed by atoms with Crippen molar-refractivity contribution in [3.63, 3.8) is 0 Å². The molecule has 0 saturated carbocycles. The third-order valence-corrected chi connectivity index (χ3v) is 3.49. The van der Waals surface area contributed by atoms with Crippen molar-refractivity contribution in [1.29, 1.82) is 0 Å². The molecule has 0 fully saturated rings. The summed E-state index contributed by atoms with van der Waals surface area (Å²) in [5.41, 5.74) is 1.95. The molecule has 2 heterocycles. The van der Waals surface area contributed by atoms with Gasteiger partial charge in [-0.15, -0.1) is 0 Å². The number of nitrogens with zero attached hydrogens (tertiary/aromatic N) is 1. The molecule has 1 aromatic carbocycles. The van der Waals surface area contributed by atoms with Crippen LogP contribution in [0, 0.1) is 0 Å². The van der Waals surface area contributed by atoms with Gasteiger partial charge in [0.1, 0.15) is 11.9 Å². The first-order chi connectivity index (χ1) is 8.58. The molecule has 0 spiro atoms. The maximum Gasteiger partial charge on any atom is 0.192 e. The standard InChI is InChI=1S/C15H17NO2/c1-9(2)12-8-16-7-10(3)18-13-6-4-5-11(14(13)16)15(12)17/h4-6,8-10H,7H2,1-3H3. The molecule has 3 heteroatoms. The van der Waals surface area contributed by atoms with Crippen LogP contribution >= 0.6 is 0 Å². The molecule has 94 valence electrons. The Morgan fingerprint density at radius 2 is 2.17 bits per heavy atom. The third-order valence-electron chi connectivity index (χ3n) is 3.49. The summed E-state index contributed by atoms with van der Waals surface area (Å²) in [5, 5.41) is 0.769. The highest BCUT2D eigenvalue weighted by molar-refractivity contribution is 5.86. The van der Waals surface area contributed by atoms with Crippen molar-refractivity contribution in [3.05, 3.63) is 40.2 Å². The summed E-state index contributed by atoms with van der Waals surface area (Å²) in [6.45, 7) is 6.97. The fraction of sp³-hybridized carbons (Fsp3) is 0.400. The van der Waals surface area contributed by atoms with E-state index in [4.69, 9.17) is 4.74 Å². The van der Waals surface area contributed by atoms with Crippen molar-refractivity contribution in [3.8, 4) is 5.75 Å². The fourth-order valence-electron chi connectivity index (χ4n) is 2.63. The van der Waals surface area contributed by atoms with Crippen LogP contribution in [0.3, 0.4) is 0 Å². The maximum absolute atomic E-state index is 12.4. The number of rotatable bonds is 1. The molecule has 0 aliphatic carbocycles. The van der Waals surface area contributed by atoms with Crippen molar-refractivity contribution in [2.24, 2.45) is 0 Å². The number of pyridine rings is 1. The lowest BCUT2D eigenvalue weighted by Gasteiger charge is -2.26. The Kier molecular flexibility index (Phi) is 2.44. The Balaban J connectivity index is 2.42. The van der Waals surface area contributed by atoms with E-state index in [9.17, 15) is 4.79 Å². The molecule has 3 rings (SSSR count). The summed E-state index contributed by atoms with van der Waals surface area (Å²) in [5.74, 6) is 1.06. The zero-order valence-corrected chi connectivity index (χ0v) is 10.9. The SMILES string of the molecule is CC1Cn2cc(C(C)C)c(=O)c3cccc(c32)O1. The highest BCUT2D eigenvalue weighted by Gasteiger charge is 2.20. The molecule has 0 N–H and O–H groups in total. The number of para-hydroxylation sites is 1. The van der Waals surface area contributed by atoms with Gasteiger partial charge in [0.2, 0.25) is 0 Å². The molecule has 3 nitrogen and oxygen atoms in total. The Morgan fingerprint density at radius 1 is 1.39 bits per heavy atom. The lowest BCUT2D eigenvalue weighted by Crippen LogP contribution is -2.27. The molecule has 1 aromatic heterocycles. The van der Waals surface area contributed by atoms with E-state index in [-0.39, 0.29) is 17.5 Å². The minimum absolute atomic E-state index is 0.135. The molecular weight excluding hydrogens is 226 g/mol. The van der Waals surface area contributed by atoms with Crippen LogP contribution < -0.4 is 10.2 Å². The van der Waals surface area contributed by atoms with Crippen LogP contribution in [0.15, 0.2) is 29.2 Å². The highest BCUT2D eigenvalue weighted by Crippen LogP contribution is 2.30. The van der Waals surface area contributed by atoms with Gasteiger partial charge >= 0.3 is 0 Å². The molecule has 0 amide bonds. The smallest absolute Gasteiger partial charge is 0.192 e. The van der Waals surface area contributed by atoms with Gasteiger partial charge in [-0.3, -0.25) is 4.79 Å². The van der Waals surface area contributed by atoms with E-state index in [2.05, 4.69) is 25.3 Å². The second-order valence-electron chi connectivity index (χ2n) is 5.30. The van der Waals surface area contributed by atoms with Crippen LogP contribution in [0.25, 0.3) is 10.9 Å². The average molecular weight is 243 g/mol. The second kappa shape index (κ2) is 3.87. The molecule has 0 saturated heterocycles. The van der Waals surface area contributed by atoms with Crippen LogP contribution in [0.1, 0.15) is 32.3 Å². The summed E-state index contributed by atoms with van der Waals surface area (Å²) in [6.07, 6.45) is 2.14. The van der Waals surface area contributed by atoms with Crippen molar-refractivity contribution in [1.82, 2.24) is 4.57 Å². The molecule has 1 aliphatic heterocycles. The zero-order valence-electron chi connectivity index (χ0n) is 10.9. The summed E-state index contributed by atoms with van der Waals surface area (Å²) in [4.78, 5) is 12.4. The van der Waals surface area contributed by atoms with Crippen molar-refractivity contribution >= 4 is 10.9 Å². The Hall–Kier alpha value is -1.77. The normalized spacial score (nSPS) is 18.1. The van der Waals surface area contributed by atoms with Gasteiger partial charge in [-0.25, -0.2) is 0 Å². The molecule has 2 aromatic rings. The molecule has 1 atom stereocenters. The van der Waals surface area contributed by atoms with Crippen molar-refractivity contribution in [2.75, 3.05) is 0 Å². The predicted molar refractivity (Wildman–Crippen MR) is 72.4 cm³/mol. The van der Waals surface area contributed by atoms with Gasteiger partial charge in [-0.1, -0.05) is 19.9 Å². The minimum atomic E-state index is 0.135. The number of aromatic nitrogens is 1. The van der Waals surface area contributed by atoms with E-state index < -0.39 is 0 Å². The van der Waals surface area contributed by atoms with Gasteiger partial charge in [0.15, 0.2) is 5.43 Å². The number of hydrogen-bond donors (Lipinski definition) is 0. The quantitative estimate of drug-likeness (QED) is 0.771. The van der Waals surface area contributed by atoms with Gasteiger partial charge in [-0.2, -0.15) is 0 Å². The number of benzene rings is 1. The monoisotopic (exact) mass is 243 g/mol. The van der Waals surface area contributed by atoms with E-state index in [1.54, 1.807) is 0 Å². The first-order valence-electron chi connectivity index (χ1n) is 6.40. The Morgan fingerprint density at radius 3 is 2.89 bits per heavy atom. The largest absolute Gasteiger partial charge is 0.487 e. The summed E-state index contributed by atoms with van der Waals surface area (Å²) in [7, 11) is 0. The van der Waals surface area contributed by atoms with Gasteiger partial charge in [0.05, 0.1) is 12.1 Å². The minimum Gasteiger partial charge on any atom is -0.487 e. The Labute approximate surface area is 106 Å². The van der Waals surface area contributed by atoms with Gasteiger partial charge in [0.25, 0.3) is 0 Å². The van der Waals surface area contributed by atoms with E-state index in [1.165, 1.54) is 0 Å². The van der Waals surface area contributed by atoms with Crippen LogP contribution in [0.5, 0.6) is 5.75 Å². The van der Waals surface area contributed by atoms with Gasteiger partial charge in [0, 0.05) is 17.1 Å². The number of hydrogen-bond acceptors (Lipinski definition) is 2. The molecule has 1 unspecified atom stereocenters. The molecule has 18 heavy (non-hydrogen) atoms. The maximum atomic E-state index is 12.4. The first kappa shape index (κ1) is 11.3. The topological polar surface area (TPSA) is 31.2 Å². The van der Waals surface area contributed by atoms with E-state index in [0.29, 0.717) is 0 Å². The van der Waals surface area contributed by atoms with Crippen molar-refractivity contribution < 1.29 is 4.74 Å². The van der Waals surface area contributed by atoms with Crippen LogP contribution in [-0.2, 0) is 6.54 Å². The van der Waals surface area contributed by atoms with E-state index in [1.807, 2.05) is 24.4 Å². The predicted octanol–water partition coefficient (Wildman–Crippen LogP) is 2.91. The fourth-order valence-corrected chi connectivity index (χ4v) is 2.63. The number of ether oxygens (including phenoxy) is 1. The lowest BCUT2D eigenvalue weighted by atomic mass is 10.0. The second-order valence-corrected chi connectivity index (χ2v) is 5.30. The van der Waals surface area contributed by atoms with E-state index >= 15 is 0 Å². The Bertz CT molecular complexity index is 670. The first-order valence-corrected chi connectivity index (χ1v) is 6.40.